The Bertz CT molecular complexity index is 176. The molecule has 0 aliphatic heterocycles. The van der Waals surface area contributed by atoms with Crippen molar-refractivity contribution in [2.24, 2.45) is 10.8 Å². The molecule has 0 N–H and O–H groups in total. The molecule has 98 valence electrons. The van der Waals surface area contributed by atoms with Gasteiger partial charge in [-0.15, -0.1) is 0 Å². The maximum Gasteiger partial charge on any atom is 0.00299 e. The van der Waals surface area contributed by atoms with Crippen LogP contribution in [-0.2, 0) is 0 Å². The molecule has 0 rings (SSSR count). The molecule has 0 atom stereocenters. The van der Waals surface area contributed by atoms with Gasteiger partial charge in [0.15, 0.2) is 0 Å². The maximum atomic E-state index is 2.59. The summed E-state index contributed by atoms with van der Waals surface area (Å²) in [5, 5.41) is 0. The molecular formula is C15H33N. The Labute approximate surface area is 104 Å². The van der Waals surface area contributed by atoms with E-state index in [2.05, 4.69) is 53.4 Å². The van der Waals surface area contributed by atoms with Gasteiger partial charge in [0.1, 0.15) is 0 Å². The van der Waals surface area contributed by atoms with Gasteiger partial charge in [-0.1, -0.05) is 54.9 Å². The van der Waals surface area contributed by atoms with Crippen LogP contribution in [0.1, 0.15) is 67.7 Å². The summed E-state index contributed by atoms with van der Waals surface area (Å²) in [6, 6.07) is 0. The van der Waals surface area contributed by atoms with E-state index in [1.54, 1.807) is 0 Å². The van der Waals surface area contributed by atoms with Crippen LogP contribution in [0.5, 0.6) is 0 Å². The van der Waals surface area contributed by atoms with Gasteiger partial charge in [-0.25, -0.2) is 0 Å². The molecular weight excluding hydrogens is 194 g/mol. The van der Waals surface area contributed by atoms with Crippen LogP contribution in [0.4, 0.5) is 0 Å². The normalized spacial score (nSPS) is 13.5. The molecule has 1 heteroatoms. The van der Waals surface area contributed by atoms with Crippen LogP contribution in [0.15, 0.2) is 0 Å². The SMILES string of the molecule is CCN(CCCC(C)(C)CC)CC(C)(C)C. The highest BCUT2D eigenvalue weighted by Crippen LogP contribution is 2.26. The molecule has 0 aromatic rings. The first kappa shape index (κ1) is 16.0. The van der Waals surface area contributed by atoms with Gasteiger partial charge in [0, 0.05) is 6.54 Å². The van der Waals surface area contributed by atoms with Crippen LogP contribution < -0.4 is 0 Å². The van der Waals surface area contributed by atoms with Crippen molar-refractivity contribution >= 4 is 0 Å². The Morgan fingerprint density at radius 2 is 1.50 bits per heavy atom. The van der Waals surface area contributed by atoms with Gasteiger partial charge in [-0.05, 0) is 36.8 Å². The summed E-state index contributed by atoms with van der Waals surface area (Å²) in [5.74, 6) is 0. The molecule has 0 bridgehead atoms. The lowest BCUT2D eigenvalue weighted by Crippen LogP contribution is -2.33. The van der Waals surface area contributed by atoms with Crippen molar-refractivity contribution in [2.75, 3.05) is 19.6 Å². The van der Waals surface area contributed by atoms with Crippen molar-refractivity contribution in [3.63, 3.8) is 0 Å². The summed E-state index contributed by atoms with van der Waals surface area (Å²) < 4.78 is 0. The Kier molecular flexibility index (Phi) is 6.62. The van der Waals surface area contributed by atoms with E-state index in [1.807, 2.05) is 0 Å². The average molecular weight is 227 g/mol. The summed E-state index contributed by atoms with van der Waals surface area (Å²) in [6.45, 7) is 20.0. The average Bonchev–Trinajstić information content (AvgIpc) is 2.14. The minimum Gasteiger partial charge on any atom is -0.303 e. The van der Waals surface area contributed by atoms with Crippen LogP contribution in [0.3, 0.4) is 0 Å². The van der Waals surface area contributed by atoms with E-state index in [4.69, 9.17) is 0 Å². The van der Waals surface area contributed by atoms with Crippen molar-refractivity contribution in [3.8, 4) is 0 Å². The molecule has 0 fully saturated rings. The minimum absolute atomic E-state index is 0.427. The lowest BCUT2D eigenvalue weighted by molar-refractivity contribution is 0.185. The second-order valence-electron chi connectivity index (χ2n) is 7.05. The first-order valence-corrected chi connectivity index (χ1v) is 6.92. The van der Waals surface area contributed by atoms with E-state index >= 15 is 0 Å². The van der Waals surface area contributed by atoms with Crippen LogP contribution in [0, 0.1) is 10.8 Å². The van der Waals surface area contributed by atoms with Crippen molar-refractivity contribution in [1.82, 2.24) is 4.90 Å². The predicted molar refractivity (Wildman–Crippen MR) is 74.9 cm³/mol. The monoisotopic (exact) mass is 227 g/mol. The van der Waals surface area contributed by atoms with Gasteiger partial charge in [-0.2, -0.15) is 0 Å². The highest BCUT2D eigenvalue weighted by Gasteiger charge is 2.17. The zero-order valence-electron chi connectivity index (χ0n) is 12.7. The van der Waals surface area contributed by atoms with Crippen molar-refractivity contribution in [2.45, 2.75) is 67.7 Å². The van der Waals surface area contributed by atoms with Gasteiger partial charge in [0.05, 0.1) is 0 Å². The fourth-order valence-electron chi connectivity index (χ4n) is 1.98. The second kappa shape index (κ2) is 6.64. The summed E-state index contributed by atoms with van der Waals surface area (Å²) in [6.07, 6.45) is 3.98. The molecule has 16 heavy (non-hydrogen) atoms. The van der Waals surface area contributed by atoms with Gasteiger partial charge < -0.3 is 4.90 Å². The number of hydrogen-bond acceptors (Lipinski definition) is 1. The van der Waals surface area contributed by atoms with E-state index in [9.17, 15) is 0 Å². The number of hydrogen-bond donors (Lipinski definition) is 0. The lowest BCUT2D eigenvalue weighted by Gasteiger charge is -2.30. The highest BCUT2D eigenvalue weighted by molar-refractivity contribution is 4.71. The summed E-state index contributed by atoms with van der Waals surface area (Å²) in [5.41, 5.74) is 0.956. The number of nitrogens with zero attached hydrogens (tertiary/aromatic N) is 1. The van der Waals surface area contributed by atoms with Crippen LogP contribution >= 0.6 is 0 Å². The largest absolute Gasteiger partial charge is 0.303 e. The van der Waals surface area contributed by atoms with E-state index in [0.717, 1.165) is 0 Å². The molecule has 1 nitrogen and oxygen atoms in total. The third kappa shape index (κ3) is 8.15. The Balaban J connectivity index is 3.89. The molecule has 0 spiro atoms. The molecule has 0 radical (unpaired) electrons. The molecule has 0 aromatic carbocycles. The van der Waals surface area contributed by atoms with E-state index in [-0.39, 0.29) is 0 Å². The maximum absolute atomic E-state index is 2.59. The fraction of sp³-hybridized carbons (Fsp3) is 1.00. The van der Waals surface area contributed by atoms with E-state index in [0.29, 0.717) is 10.8 Å². The molecule has 0 heterocycles. The molecule has 0 amide bonds. The first-order valence-electron chi connectivity index (χ1n) is 6.92. The quantitative estimate of drug-likeness (QED) is 0.616. The lowest BCUT2D eigenvalue weighted by atomic mass is 9.85. The third-order valence-electron chi connectivity index (χ3n) is 3.43. The first-order chi connectivity index (χ1) is 7.20. The van der Waals surface area contributed by atoms with Crippen LogP contribution in [-0.4, -0.2) is 24.5 Å². The van der Waals surface area contributed by atoms with Gasteiger partial charge >= 0.3 is 0 Å². The third-order valence-corrected chi connectivity index (χ3v) is 3.43. The Morgan fingerprint density at radius 1 is 0.938 bits per heavy atom. The second-order valence-corrected chi connectivity index (χ2v) is 7.05. The molecule has 0 unspecified atom stereocenters. The molecule has 0 aliphatic carbocycles. The molecule has 0 saturated carbocycles. The predicted octanol–water partition coefficient (Wildman–Crippen LogP) is 4.57. The van der Waals surface area contributed by atoms with Crippen LogP contribution in [0.2, 0.25) is 0 Å². The van der Waals surface area contributed by atoms with Gasteiger partial charge in [0.25, 0.3) is 0 Å². The van der Waals surface area contributed by atoms with Gasteiger partial charge in [-0.3, -0.25) is 0 Å². The van der Waals surface area contributed by atoms with Crippen LogP contribution in [0.25, 0.3) is 0 Å². The topological polar surface area (TPSA) is 3.24 Å². The summed E-state index contributed by atoms with van der Waals surface area (Å²) >= 11 is 0. The molecule has 0 aliphatic rings. The van der Waals surface area contributed by atoms with Gasteiger partial charge in [0.2, 0.25) is 0 Å². The summed E-state index contributed by atoms with van der Waals surface area (Å²) in [7, 11) is 0. The van der Waals surface area contributed by atoms with E-state index < -0.39 is 0 Å². The molecule has 0 aromatic heterocycles. The zero-order valence-corrected chi connectivity index (χ0v) is 12.7. The Hall–Kier alpha value is -0.0400. The standard InChI is InChI=1S/C15H33N/c1-8-15(6,7)11-10-12-16(9-2)13-14(3,4)5/h8-13H2,1-7H3. The van der Waals surface area contributed by atoms with Crippen molar-refractivity contribution in [3.05, 3.63) is 0 Å². The smallest absolute Gasteiger partial charge is 0.00299 e. The Morgan fingerprint density at radius 3 is 1.88 bits per heavy atom. The van der Waals surface area contributed by atoms with E-state index in [1.165, 1.54) is 38.9 Å². The number of rotatable bonds is 7. The highest BCUT2D eigenvalue weighted by atomic mass is 15.1. The van der Waals surface area contributed by atoms with Crippen molar-refractivity contribution < 1.29 is 0 Å². The van der Waals surface area contributed by atoms with Crippen molar-refractivity contribution in [1.29, 1.82) is 0 Å². The minimum atomic E-state index is 0.427. The molecule has 0 saturated heterocycles. The zero-order chi connectivity index (χ0) is 12.8. The fourth-order valence-corrected chi connectivity index (χ4v) is 1.98. The summed E-state index contributed by atoms with van der Waals surface area (Å²) in [4.78, 5) is 2.59.